The molecule has 0 aromatic heterocycles. The Morgan fingerprint density at radius 2 is 1.56 bits per heavy atom. The third kappa shape index (κ3) is 5.12. The van der Waals surface area contributed by atoms with Crippen LogP contribution in [0.3, 0.4) is 0 Å². The molecule has 0 aliphatic heterocycles. The predicted molar refractivity (Wildman–Crippen MR) is 122 cm³/mol. The number of benzene rings is 3. The minimum Gasteiger partial charge on any atom is -0.497 e. The standard InChI is InChI=1S/C23H24N2O6S/c1-29-19-9-7-8-17(14-19)24-23(26)16-25(32(27,28)20-10-5-4-6-11-20)18-12-13-21(30-2)22(15-18)31-3/h4-15H,16H2,1-3H3,(H,24,26). The molecule has 0 heterocycles. The summed E-state index contributed by atoms with van der Waals surface area (Å²) in [6.07, 6.45) is 0. The van der Waals surface area contributed by atoms with Gasteiger partial charge in [-0.25, -0.2) is 8.42 Å². The van der Waals surface area contributed by atoms with Crippen molar-refractivity contribution in [3.8, 4) is 17.2 Å². The van der Waals surface area contributed by atoms with Gasteiger partial charge in [0.25, 0.3) is 10.0 Å². The molecular weight excluding hydrogens is 432 g/mol. The van der Waals surface area contributed by atoms with E-state index in [0.29, 0.717) is 22.9 Å². The number of hydrogen-bond acceptors (Lipinski definition) is 6. The molecule has 0 saturated heterocycles. The molecule has 9 heteroatoms. The highest BCUT2D eigenvalue weighted by Gasteiger charge is 2.28. The first-order valence-corrected chi connectivity index (χ1v) is 11.1. The van der Waals surface area contributed by atoms with E-state index < -0.39 is 22.5 Å². The van der Waals surface area contributed by atoms with Crippen molar-refractivity contribution in [3.63, 3.8) is 0 Å². The minimum atomic E-state index is -4.05. The molecule has 3 aromatic rings. The molecule has 0 atom stereocenters. The SMILES string of the molecule is COc1cccc(NC(=O)CN(c2ccc(OC)c(OC)c2)S(=O)(=O)c2ccccc2)c1. The smallest absolute Gasteiger partial charge is 0.264 e. The summed E-state index contributed by atoms with van der Waals surface area (Å²) in [5, 5.41) is 2.71. The van der Waals surface area contributed by atoms with Gasteiger partial charge in [-0.15, -0.1) is 0 Å². The molecule has 0 aliphatic rings. The first-order chi connectivity index (χ1) is 15.4. The molecule has 0 bridgehead atoms. The maximum Gasteiger partial charge on any atom is 0.264 e. The number of hydrogen-bond donors (Lipinski definition) is 1. The first kappa shape index (κ1) is 23.0. The summed E-state index contributed by atoms with van der Waals surface area (Å²) >= 11 is 0. The number of nitrogens with zero attached hydrogens (tertiary/aromatic N) is 1. The van der Waals surface area contributed by atoms with Gasteiger partial charge in [0.05, 0.1) is 31.9 Å². The molecule has 0 radical (unpaired) electrons. The Hall–Kier alpha value is -3.72. The van der Waals surface area contributed by atoms with Crippen LogP contribution in [0.25, 0.3) is 0 Å². The monoisotopic (exact) mass is 456 g/mol. The highest BCUT2D eigenvalue weighted by atomic mass is 32.2. The van der Waals surface area contributed by atoms with Crippen molar-refractivity contribution in [2.45, 2.75) is 4.90 Å². The highest BCUT2D eigenvalue weighted by molar-refractivity contribution is 7.92. The quantitative estimate of drug-likeness (QED) is 0.529. The van der Waals surface area contributed by atoms with Crippen LogP contribution in [0.1, 0.15) is 0 Å². The van der Waals surface area contributed by atoms with Crippen molar-refractivity contribution in [1.82, 2.24) is 0 Å². The Morgan fingerprint density at radius 3 is 2.22 bits per heavy atom. The van der Waals surface area contributed by atoms with Crippen molar-refractivity contribution in [1.29, 1.82) is 0 Å². The Morgan fingerprint density at radius 1 is 0.844 bits per heavy atom. The van der Waals surface area contributed by atoms with E-state index in [1.807, 2.05) is 0 Å². The fourth-order valence-corrected chi connectivity index (χ4v) is 4.48. The van der Waals surface area contributed by atoms with E-state index in [1.165, 1.54) is 39.5 Å². The Kier molecular flexibility index (Phi) is 7.21. The van der Waals surface area contributed by atoms with E-state index in [4.69, 9.17) is 14.2 Å². The van der Waals surface area contributed by atoms with Crippen molar-refractivity contribution in [3.05, 3.63) is 72.8 Å². The summed E-state index contributed by atoms with van der Waals surface area (Å²) in [5.41, 5.74) is 0.742. The second-order valence-corrected chi connectivity index (χ2v) is 8.51. The number of methoxy groups -OCH3 is 3. The van der Waals surface area contributed by atoms with Crippen LogP contribution < -0.4 is 23.8 Å². The molecule has 32 heavy (non-hydrogen) atoms. The molecule has 0 fully saturated rings. The number of nitrogens with one attached hydrogen (secondary N) is 1. The van der Waals surface area contributed by atoms with Crippen LogP contribution in [0.15, 0.2) is 77.7 Å². The summed E-state index contributed by atoms with van der Waals surface area (Å²) in [5.74, 6) is 0.824. The third-order valence-electron chi connectivity index (χ3n) is 4.63. The van der Waals surface area contributed by atoms with Gasteiger partial charge in [0.2, 0.25) is 5.91 Å². The van der Waals surface area contributed by atoms with E-state index >= 15 is 0 Å². The maximum atomic E-state index is 13.4. The van der Waals surface area contributed by atoms with Crippen LogP contribution >= 0.6 is 0 Å². The van der Waals surface area contributed by atoms with E-state index in [1.54, 1.807) is 54.6 Å². The van der Waals surface area contributed by atoms with Gasteiger partial charge in [0.15, 0.2) is 11.5 Å². The molecule has 8 nitrogen and oxygen atoms in total. The molecular formula is C23H24N2O6S. The van der Waals surface area contributed by atoms with Crippen molar-refractivity contribution < 1.29 is 27.4 Å². The fourth-order valence-electron chi connectivity index (χ4n) is 3.05. The van der Waals surface area contributed by atoms with Crippen LogP contribution in [0.5, 0.6) is 17.2 Å². The molecule has 3 aromatic carbocycles. The lowest BCUT2D eigenvalue weighted by Gasteiger charge is -2.25. The van der Waals surface area contributed by atoms with E-state index in [2.05, 4.69) is 5.32 Å². The van der Waals surface area contributed by atoms with Crippen LogP contribution in [0.2, 0.25) is 0 Å². The summed E-state index contributed by atoms with van der Waals surface area (Å²) in [6.45, 7) is -0.454. The highest BCUT2D eigenvalue weighted by Crippen LogP contribution is 2.33. The van der Waals surface area contributed by atoms with E-state index in [9.17, 15) is 13.2 Å². The lowest BCUT2D eigenvalue weighted by atomic mass is 10.2. The number of amides is 1. The Bertz CT molecular complexity index is 1180. The zero-order chi connectivity index (χ0) is 23.1. The maximum absolute atomic E-state index is 13.4. The topological polar surface area (TPSA) is 94.2 Å². The first-order valence-electron chi connectivity index (χ1n) is 9.62. The van der Waals surface area contributed by atoms with Crippen LogP contribution in [0, 0.1) is 0 Å². The lowest BCUT2D eigenvalue weighted by Crippen LogP contribution is -2.38. The number of sulfonamides is 1. The number of carbonyl (C=O) groups excluding carboxylic acids is 1. The van der Waals surface area contributed by atoms with E-state index in [-0.39, 0.29) is 10.6 Å². The van der Waals surface area contributed by atoms with Crippen LogP contribution in [-0.2, 0) is 14.8 Å². The normalized spacial score (nSPS) is 10.8. The second kappa shape index (κ2) is 10.1. The van der Waals surface area contributed by atoms with Gasteiger partial charge in [0.1, 0.15) is 12.3 Å². The number of ether oxygens (including phenoxy) is 3. The summed E-state index contributed by atoms with van der Waals surface area (Å²) in [7, 11) is 0.408. The predicted octanol–water partition coefficient (Wildman–Crippen LogP) is 3.55. The molecule has 168 valence electrons. The molecule has 1 N–H and O–H groups in total. The van der Waals surface area contributed by atoms with Gasteiger partial charge in [-0.2, -0.15) is 0 Å². The van der Waals surface area contributed by atoms with Gasteiger partial charge < -0.3 is 19.5 Å². The van der Waals surface area contributed by atoms with Crippen molar-refractivity contribution >= 4 is 27.3 Å². The van der Waals surface area contributed by atoms with Gasteiger partial charge >= 0.3 is 0 Å². The van der Waals surface area contributed by atoms with Gasteiger partial charge in [-0.1, -0.05) is 24.3 Å². The number of carbonyl (C=O) groups is 1. The molecule has 3 rings (SSSR count). The van der Waals surface area contributed by atoms with Crippen molar-refractivity contribution in [2.24, 2.45) is 0 Å². The van der Waals surface area contributed by atoms with Crippen molar-refractivity contribution in [2.75, 3.05) is 37.5 Å². The second-order valence-electron chi connectivity index (χ2n) is 6.64. The van der Waals surface area contributed by atoms with Gasteiger partial charge in [0, 0.05) is 17.8 Å². The molecule has 1 amide bonds. The zero-order valence-electron chi connectivity index (χ0n) is 17.9. The number of anilines is 2. The summed E-state index contributed by atoms with van der Waals surface area (Å²) < 4.78 is 43.6. The summed E-state index contributed by atoms with van der Waals surface area (Å²) in [4.78, 5) is 12.9. The Balaban J connectivity index is 1.98. The Labute approximate surface area is 187 Å². The van der Waals surface area contributed by atoms with Gasteiger partial charge in [-0.3, -0.25) is 9.10 Å². The average Bonchev–Trinajstić information content (AvgIpc) is 2.82. The number of rotatable bonds is 9. The summed E-state index contributed by atoms with van der Waals surface area (Å²) in [6, 6.07) is 19.4. The fraction of sp³-hybridized carbons (Fsp3) is 0.174. The zero-order valence-corrected chi connectivity index (χ0v) is 18.8. The van der Waals surface area contributed by atoms with E-state index in [0.717, 1.165) is 4.31 Å². The van der Waals surface area contributed by atoms with Gasteiger partial charge in [-0.05, 0) is 36.4 Å². The third-order valence-corrected chi connectivity index (χ3v) is 6.42. The minimum absolute atomic E-state index is 0.0592. The molecule has 0 saturated carbocycles. The molecule has 0 aliphatic carbocycles. The average molecular weight is 457 g/mol. The van der Waals surface area contributed by atoms with Crippen LogP contribution in [0.4, 0.5) is 11.4 Å². The largest absolute Gasteiger partial charge is 0.497 e. The van der Waals surface area contributed by atoms with Crippen LogP contribution in [-0.4, -0.2) is 42.2 Å². The molecule has 0 spiro atoms. The lowest BCUT2D eigenvalue weighted by molar-refractivity contribution is -0.114. The molecule has 0 unspecified atom stereocenters.